The Morgan fingerprint density at radius 1 is 1.38 bits per heavy atom. The van der Waals surface area contributed by atoms with E-state index >= 15 is 0 Å². The number of aryl methyl sites for hydroxylation is 1. The molecule has 0 bridgehead atoms. The number of benzene rings is 1. The second kappa shape index (κ2) is 5.38. The molecule has 0 aliphatic rings. The summed E-state index contributed by atoms with van der Waals surface area (Å²) in [7, 11) is 0. The zero-order valence-corrected chi connectivity index (χ0v) is 10.0. The van der Waals surface area contributed by atoms with Crippen molar-refractivity contribution in [2.45, 2.75) is 6.92 Å². The summed E-state index contributed by atoms with van der Waals surface area (Å²) in [6.07, 6.45) is 3.14. The van der Waals surface area contributed by atoms with Gasteiger partial charge in [0.1, 0.15) is 11.6 Å². The lowest BCUT2D eigenvalue weighted by atomic mass is 10.1. The molecule has 2 aromatic rings. The standard InChI is InChI=1S/C11H8N2O.CH4S/c1-7-2-3-9-10(4-7)13-6-8(5-12)11(9)14;1-2/h2-4,6H,1H3,(H,13,14);2H,1H3. The van der Waals surface area contributed by atoms with Crippen molar-refractivity contribution in [3.05, 3.63) is 45.7 Å². The van der Waals surface area contributed by atoms with Gasteiger partial charge in [-0.2, -0.15) is 17.9 Å². The van der Waals surface area contributed by atoms with Crippen molar-refractivity contribution >= 4 is 23.5 Å². The molecule has 3 nitrogen and oxygen atoms in total. The first kappa shape index (κ1) is 12.3. The van der Waals surface area contributed by atoms with Crippen molar-refractivity contribution in [3.63, 3.8) is 0 Å². The normalized spacial score (nSPS) is 9.12. The Balaban J connectivity index is 0.000000606. The number of rotatable bonds is 0. The van der Waals surface area contributed by atoms with Gasteiger partial charge in [0.05, 0.1) is 0 Å². The highest BCUT2D eigenvalue weighted by molar-refractivity contribution is 7.79. The number of hydrogen-bond acceptors (Lipinski definition) is 3. The lowest BCUT2D eigenvalue weighted by Crippen LogP contribution is -2.06. The average molecular weight is 232 g/mol. The lowest BCUT2D eigenvalue weighted by molar-refractivity contribution is 1.33. The van der Waals surface area contributed by atoms with Crippen LogP contribution in [0.15, 0.2) is 29.2 Å². The summed E-state index contributed by atoms with van der Waals surface area (Å²) < 4.78 is 0. The van der Waals surface area contributed by atoms with E-state index in [1.807, 2.05) is 25.1 Å². The number of thiol groups is 1. The predicted octanol–water partition coefficient (Wildman–Crippen LogP) is 2.25. The highest BCUT2D eigenvalue weighted by atomic mass is 32.1. The summed E-state index contributed by atoms with van der Waals surface area (Å²) in [4.78, 5) is 14.6. The molecule has 1 heterocycles. The first-order valence-corrected chi connectivity index (χ1v) is 5.58. The number of H-pyrrole nitrogens is 1. The molecule has 82 valence electrons. The maximum absolute atomic E-state index is 11.6. The van der Waals surface area contributed by atoms with E-state index in [-0.39, 0.29) is 11.0 Å². The first-order chi connectivity index (χ1) is 7.72. The molecule has 1 N–H and O–H groups in total. The van der Waals surface area contributed by atoms with E-state index in [2.05, 4.69) is 17.6 Å². The molecule has 0 aliphatic carbocycles. The summed E-state index contributed by atoms with van der Waals surface area (Å²) >= 11 is 3.53. The van der Waals surface area contributed by atoms with Gasteiger partial charge in [-0.15, -0.1) is 0 Å². The second-order valence-corrected chi connectivity index (χ2v) is 3.19. The van der Waals surface area contributed by atoms with Gasteiger partial charge in [-0.25, -0.2) is 0 Å². The SMILES string of the molecule is CS.Cc1ccc2c(=O)c(C#N)c[nH]c2c1. The molecule has 4 heteroatoms. The molecule has 0 radical (unpaired) electrons. The van der Waals surface area contributed by atoms with Gasteiger partial charge in [-0.05, 0) is 30.9 Å². The molecule has 0 saturated carbocycles. The van der Waals surface area contributed by atoms with Crippen molar-refractivity contribution in [1.29, 1.82) is 5.26 Å². The van der Waals surface area contributed by atoms with E-state index in [4.69, 9.17) is 5.26 Å². The van der Waals surface area contributed by atoms with Gasteiger partial charge in [0.2, 0.25) is 5.43 Å². The van der Waals surface area contributed by atoms with Gasteiger partial charge in [-0.3, -0.25) is 4.79 Å². The Bertz CT molecular complexity index is 596. The van der Waals surface area contributed by atoms with Crippen LogP contribution in [0.2, 0.25) is 0 Å². The van der Waals surface area contributed by atoms with Crippen molar-refractivity contribution in [2.75, 3.05) is 6.26 Å². The molecule has 1 aromatic heterocycles. The number of aromatic amines is 1. The molecular formula is C12H12N2OS. The van der Waals surface area contributed by atoms with Crippen LogP contribution in [0, 0.1) is 18.3 Å². The van der Waals surface area contributed by atoms with Crippen LogP contribution in [0.4, 0.5) is 0 Å². The second-order valence-electron chi connectivity index (χ2n) is 3.19. The van der Waals surface area contributed by atoms with E-state index in [1.165, 1.54) is 6.20 Å². The van der Waals surface area contributed by atoms with E-state index in [1.54, 1.807) is 12.3 Å². The summed E-state index contributed by atoms with van der Waals surface area (Å²) in [6, 6.07) is 7.35. The largest absolute Gasteiger partial charge is 0.360 e. The Labute approximate surface area is 99.1 Å². The number of hydrogen-bond donors (Lipinski definition) is 2. The molecule has 0 spiro atoms. The molecule has 0 unspecified atom stereocenters. The van der Waals surface area contributed by atoms with Gasteiger partial charge in [-0.1, -0.05) is 6.07 Å². The van der Waals surface area contributed by atoms with Crippen LogP contribution in [0.1, 0.15) is 11.1 Å². The van der Waals surface area contributed by atoms with Gasteiger partial charge < -0.3 is 4.98 Å². The fraction of sp³-hybridized carbons (Fsp3) is 0.167. The predicted molar refractivity (Wildman–Crippen MR) is 68.9 cm³/mol. The van der Waals surface area contributed by atoms with Crippen molar-refractivity contribution in [3.8, 4) is 6.07 Å². The Hall–Kier alpha value is -1.73. The van der Waals surface area contributed by atoms with Gasteiger partial charge in [0.15, 0.2) is 0 Å². The molecule has 0 fully saturated rings. The van der Waals surface area contributed by atoms with Gasteiger partial charge in [0, 0.05) is 17.1 Å². The third-order valence-corrected chi connectivity index (χ3v) is 2.16. The summed E-state index contributed by atoms with van der Waals surface area (Å²) in [5, 5.41) is 9.23. The van der Waals surface area contributed by atoms with E-state index in [0.717, 1.165) is 11.1 Å². The summed E-state index contributed by atoms with van der Waals surface area (Å²) in [5.74, 6) is 0. The molecule has 0 amide bonds. The topological polar surface area (TPSA) is 56.6 Å². The lowest BCUT2D eigenvalue weighted by Gasteiger charge is -1.98. The molecule has 0 aliphatic heterocycles. The van der Waals surface area contributed by atoms with Crippen LogP contribution in [-0.4, -0.2) is 11.2 Å². The first-order valence-electron chi connectivity index (χ1n) is 4.69. The van der Waals surface area contributed by atoms with Crippen LogP contribution >= 0.6 is 12.6 Å². The highest BCUT2D eigenvalue weighted by Gasteiger charge is 2.03. The van der Waals surface area contributed by atoms with Gasteiger partial charge in [0.25, 0.3) is 0 Å². The Kier molecular flexibility index (Phi) is 4.15. The molecule has 1 aromatic carbocycles. The number of pyridine rings is 1. The molecule has 2 rings (SSSR count). The van der Waals surface area contributed by atoms with E-state index in [0.29, 0.717) is 5.39 Å². The monoisotopic (exact) mass is 232 g/mol. The Morgan fingerprint density at radius 3 is 2.69 bits per heavy atom. The van der Waals surface area contributed by atoms with Crippen LogP contribution in [0.25, 0.3) is 10.9 Å². The minimum Gasteiger partial charge on any atom is -0.360 e. The third-order valence-electron chi connectivity index (χ3n) is 2.16. The minimum atomic E-state index is -0.207. The fourth-order valence-electron chi connectivity index (χ4n) is 1.42. The fourth-order valence-corrected chi connectivity index (χ4v) is 1.42. The maximum atomic E-state index is 11.6. The zero-order valence-electron chi connectivity index (χ0n) is 9.11. The third kappa shape index (κ3) is 2.26. The number of nitriles is 1. The van der Waals surface area contributed by atoms with Crippen molar-refractivity contribution in [1.82, 2.24) is 4.98 Å². The van der Waals surface area contributed by atoms with Crippen LogP contribution in [-0.2, 0) is 0 Å². The number of nitrogens with zero attached hydrogens (tertiary/aromatic N) is 1. The number of aromatic nitrogens is 1. The molecule has 0 atom stereocenters. The minimum absolute atomic E-state index is 0.154. The van der Waals surface area contributed by atoms with Crippen LogP contribution in [0.3, 0.4) is 0 Å². The van der Waals surface area contributed by atoms with Gasteiger partial charge >= 0.3 is 0 Å². The zero-order chi connectivity index (χ0) is 12.1. The summed E-state index contributed by atoms with van der Waals surface area (Å²) in [6.45, 7) is 1.95. The van der Waals surface area contributed by atoms with Crippen molar-refractivity contribution < 1.29 is 0 Å². The number of nitrogens with one attached hydrogen (secondary N) is 1. The van der Waals surface area contributed by atoms with Crippen molar-refractivity contribution in [2.24, 2.45) is 0 Å². The van der Waals surface area contributed by atoms with E-state index < -0.39 is 0 Å². The quantitative estimate of drug-likeness (QED) is 0.684. The van der Waals surface area contributed by atoms with Crippen LogP contribution < -0.4 is 5.43 Å². The smallest absolute Gasteiger partial charge is 0.207 e. The molecular weight excluding hydrogens is 220 g/mol. The number of fused-ring (bicyclic) bond motifs is 1. The highest BCUT2D eigenvalue weighted by Crippen LogP contribution is 2.09. The molecule has 16 heavy (non-hydrogen) atoms. The molecule has 0 saturated heterocycles. The maximum Gasteiger partial charge on any atom is 0.207 e. The summed E-state index contributed by atoms with van der Waals surface area (Å²) in [5.41, 5.74) is 1.80. The average Bonchev–Trinajstić information content (AvgIpc) is 2.32. The van der Waals surface area contributed by atoms with Crippen LogP contribution in [0.5, 0.6) is 0 Å². The Morgan fingerprint density at radius 2 is 2.06 bits per heavy atom. The van der Waals surface area contributed by atoms with E-state index in [9.17, 15) is 4.79 Å².